The molecule has 0 saturated heterocycles. The molecule has 5 heteroatoms. The molecule has 0 bridgehead atoms. The Kier molecular flexibility index (Phi) is 3.00. The van der Waals surface area contributed by atoms with Gasteiger partial charge >= 0.3 is 0 Å². The highest BCUT2D eigenvalue weighted by Gasteiger charge is 2.42. The van der Waals surface area contributed by atoms with E-state index in [0.717, 1.165) is 29.1 Å². The Morgan fingerprint density at radius 1 is 1.21 bits per heavy atom. The first-order valence-corrected chi connectivity index (χ1v) is 9.26. The number of thiophene rings is 1. The standard InChI is InChI=1S/C19H18N4S/c1-3-13-11(2)24-19-16(13)18-21-17(22-23(18)10-20-19)15-9-14(15)12-7-5-4-6-8-12/h4-8,10,14-15H,3,9H2,1-2H3/t14-,15-/m1/s1. The van der Waals surface area contributed by atoms with Gasteiger partial charge in [0.1, 0.15) is 11.2 Å². The molecule has 3 aromatic heterocycles. The summed E-state index contributed by atoms with van der Waals surface area (Å²) in [7, 11) is 0. The second-order valence-electron chi connectivity index (χ2n) is 6.51. The minimum absolute atomic E-state index is 0.437. The number of fused-ring (bicyclic) bond motifs is 3. The number of rotatable bonds is 3. The summed E-state index contributed by atoms with van der Waals surface area (Å²) in [6, 6.07) is 10.7. The molecule has 4 nitrogen and oxygen atoms in total. The minimum atomic E-state index is 0.437. The van der Waals surface area contributed by atoms with Crippen LogP contribution in [0.2, 0.25) is 0 Å². The predicted octanol–water partition coefficient (Wildman–Crippen LogP) is 4.48. The fourth-order valence-electron chi connectivity index (χ4n) is 3.71. The third kappa shape index (κ3) is 2.01. The van der Waals surface area contributed by atoms with Crippen molar-refractivity contribution in [3.63, 3.8) is 0 Å². The average Bonchev–Trinajstić information content (AvgIpc) is 3.17. The van der Waals surface area contributed by atoms with E-state index in [-0.39, 0.29) is 0 Å². The molecule has 1 aliphatic carbocycles. The molecule has 1 aliphatic rings. The fourth-order valence-corrected chi connectivity index (χ4v) is 4.79. The van der Waals surface area contributed by atoms with Crippen LogP contribution in [0.25, 0.3) is 15.9 Å². The van der Waals surface area contributed by atoms with Crippen molar-refractivity contribution in [2.45, 2.75) is 38.5 Å². The van der Waals surface area contributed by atoms with Gasteiger partial charge in [0.15, 0.2) is 11.5 Å². The molecule has 1 fully saturated rings. The van der Waals surface area contributed by atoms with E-state index in [0.29, 0.717) is 11.8 Å². The Morgan fingerprint density at radius 2 is 2.04 bits per heavy atom. The van der Waals surface area contributed by atoms with E-state index in [2.05, 4.69) is 49.2 Å². The van der Waals surface area contributed by atoms with Crippen molar-refractivity contribution < 1.29 is 0 Å². The van der Waals surface area contributed by atoms with Gasteiger partial charge < -0.3 is 0 Å². The van der Waals surface area contributed by atoms with Crippen molar-refractivity contribution in [2.75, 3.05) is 0 Å². The van der Waals surface area contributed by atoms with Gasteiger partial charge in [0.25, 0.3) is 0 Å². The Labute approximate surface area is 144 Å². The van der Waals surface area contributed by atoms with Crippen LogP contribution in [0.15, 0.2) is 36.7 Å². The highest BCUT2D eigenvalue weighted by Crippen LogP contribution is 2.53. The Morgan fingerprint density at radius 3 is 2.83 bits per heavy atom. The molecule has 24 heavy (non-hydrogen) atoms. The van der Waals surface area contributed by atoms with Crippen LogP contribution in [0.4, 0.5) is 0 Å². The smallest absolute Gasteiger partial charge is 0.167 e. The topological polar surface area (TPSA) is 43.1 Å². The third-order valence-electron chi connectivity index (χ3n) is 5.05. The van der Waals surface area contributed by atoms with E-state index >= 15 is 0 Å². The van der Waals surface area contributed by atoms with E-state index in [9.17, 15) is 0 Å². The lowest BCUT2D eigenvalue weighted by Crippen LogP contribution is -1.91. The molecule has 0 N–H and O–H groups in total. The Balaban J connectivity index is 1.61. The van der Waals surface area contributed by atoms with Gasteiger partial charge in [0, 0.05) is 10.8 Å². The molecular formula is C19H18N4S. The van der Waals surface area contributed by atoms with Crippen molar-refractivity contribution >= 4 is 27.2 Å². The highest BCUT2D eigenvalue weighted by atomic mass is 32.1. The van der Waals surface area contributed by atoms with Crippen LogP contribution in [0.5, 0.6) is 0 Å². The van der Waals surface area contributed by atoms with Gasteiger partial charge in [0.2, 0.25) is 0 Å². The second kappa shape index (κ2) is 5.11. The molecule has 0 unspecified atom stereocenters. The van der Waals surface area contributed by atoms with Gasteiger partial charge in [0.05, 0.1) is 5.39 Å². The minimum Gasteiger partial charge on any atom is -0.225 e. The summed E-state index contributed by atoms with van der Waals surface area (Å²) in [5, 5.41) is 5.93. The van der Waals surface area contributed by atoms with E-state index < -0.39 is 0 Å². The summed E-state index contributed by atoms with van der Waals surface area (Å²) in [6.45, 7) is 4.37. The SMILES string of the molecule is CCc1c(C)sc2ncn3nc([C@@H]4C[C@@H]4c4ccccc4)nc3c12. The number of hydrogen-bond donors (Lipinski definition) is 0. The van der Waals surface area contributed by atoms with Gasteiger partial charge in [-0.15, -0.1) is 16.4 Å². The molecule has 0 radical (unpaired) electrons. The molecule has 3 heterocycles. The number of aromatic nitrogens is 4. The van der Waals surface area contributed by atoms with Crippen LogP contribution in [-0.4, -0.2) is 19.6 Å². The summed E-state index contributed by atoms with van der Waals surface area (Å²) in [5.41, 5.74) is 3.72. The number of aryl methyl sites for hydroxylation is 2. The fraction of sp³-hybridized carbons (Fsp3) is 0.316. The van der Waals surface area contributed by atoms with Crippen LogP contribution < -0.4 is 0 Å². The quantitative estimate of drug-likeness (QED) is 0.555. The molecule has 1 saturated carbocycles. The van der Waals surface area contributed by atoms with Crippen LogP contribution in [0.1, 0.15) is 47.0 Å². The summed E-state index contributed by atoms with van der Waals surface area (Å²) >= 11 is 1.76. The molecule has 0 amide bonds. The molecule has 0 aliphatic heterocycles. The Bertz CT molecular complexity index is 1050. The number of hydrogen-bond acceptors (Lipinski definition) is 4. The van der Waals surface area contributed by atoms with Gasteiger partial charge in [-0.2, -0.15) is 0 Å². The molecular weight excluding hydrogens is 316 g/mol. The average molecular weight is 334 g/mol. The largest absolute Gasteiger partial charge is 0.225 e. The highest BCUT2D eigenvalue weighted by molar-refractivity contribution is 7.18. The van der Waals surface area contributed by atoms with E-state index in [1.165, 1.54) is 21.4 Å². The monoisotopic (exact) mass is 334 g/mol. The van der Waals surface area contributed by atoms with Crippen molar-refractivity contribution in [2.24, 2.45) is 0 Å². The maximum absolute atomic E-state index is 4.92. The zero-order valence-corrected chi connectivity index (χ0v) is 14.5. The van der Waals surface area contributed by atoms with Crippen LogP contribution in [0.3, 0.4) is 0 Å². The lowest BCUT2D eigenvalue weighted by Gasteiger charge is -1.96. The maximum Gasteiger partial charge on any atom is 0.167 e. The lowest BCUT2D eigenvalue weighted by atomic mass is 10.1. The summed E-state index contributed by atoms with van der Waals surface area (Å²) < 4.78 is 1.86. The van der Waals surface area contributed by atoms with Crippen molar-refractivity contribution in [1.82, 2.24) is 19.6 Å². The number of nitrogens with zero attached hydrogens (tertiary/aromatic N) is 4. The second-order valence-corrected chi connectivity index (χ2v) is 7.72. The Hall–Kier alpha value is -2.27. The van der Waals surface area contributed by atoms with E-state index in [1.807, 2.05) is 10.8 Å². The van der Waals surface area contributed by atoms with Gasteiger partial charge in [-0.1, -0.05) is 37.3 Å². The summed E-state index contributed by atoms with van der Waals surface area (Å²) in [5.74, 6) is 1.96. The molecule has 0 spiro atoms. The molecule has 120 valence electrons. The van der Waals surface area contributed by atoms with Gasteiger partial charge in [-0.05, 0) is 36.8 Å². The van der Waals surface area contributed by atoms with Gasteiger partial charge in [-0.3, -0.25) is 0 Å². The molecule has 5 rings (SSSR count). The summed E-state index contributed by atoms with van der Waals surface area (Å²) in [6.07, 6.45) is 3.95. The zero-order valence-electron chi connectivity index (χ0n) is 13.7. The van der Waals surface area contributed by atoms with E-state index in [1.54, 1.807) is 11.3 Å². The number of benzene rings is 1. The maximum atomic E-state index is 4.92. The first kappa shape index (κ1) is 14.1. The van der Waals surface area contributed by atoms with Gasteiger partial charge in [-0.25, -0.2) is 14.5 Å². The summed E-state index contributed by atoms with van der Waals surface area (Å²) in [4.78, 5) is 11.9. The van der Waals surface area contributed by atoms with Crippen molar-refractivity contribution in [3.8, 4) is 0 Å². The first-order chi connectivity index (χ1) is 11.8. The van der Waals surface area contributed by atoms with Crippen molar-refractivity contribution in [3.05, 3.63) is 58.5 Å². The van der Waals surface area contributed by atoms with E-state index in [4.69, 9.17) is 10.1 Å². The third-order valence-corrected chi connectivity index (χ3v) is 6.10. The van der Waals surface area contributed by atoms with Crippen LogP contribution in [-0.2, 0) is 6.42 Å². The van der Waals surface area contributed by atoms with Crippen molar-refractivity contribution in [1.29, 1.82) is 0 Å². The normalized spacial score (nSPS) is 20.1. The predicted molar refractivity (Wildman–Crippen MR) is 96.8 cm³/mol. The molecule has 4 aromatic rings. The van der Waals surface area contributed by atoms with Crippen LogP contribution >= 0.6 is 11.3 Å². The first-order valence-electron chi connectivity index (χ1n) is 8.44. The zero-order chi connectivity index (χ0) is 16.3. The molecule has 1 aromatic carbocycles. The van der Waals surface area contributed by atoms with Crippen LogP contribution in [0, 0.1) is 6.92 Å². The molecule has 2 atom stereocenters. The lowest BCUT2D eigenvalue weighted by molar-refractivity contribution is 0.850.